The van der Waals surface area contributed by atoms with Gasteiger partial charge in [0.05, 0.1) is 24.6 Å². The Labute approximate surface area is 165 Å². The van der Waals surface area contributed by atoms with Crippen LogP contribution in [0, 0.1) is 6.92 Å². The zero-order valence-electron chi connectivity index (χ0n) is 16.1. The fourth-order valence-corrected chi connectivity index (χ4v) is 4.92. The molecule has 8 heteroatoms. The van der Waals surface area contributed by atoms with Gasteiger partial charge in [0.1, 0.15) is 4.90 Å². The SMILES string of the molecule is Cc1ccnc(-n2cc(S(=O)(=O)N3CC(N(C)C)Cc4ccccc43)cn2)c1. The number of nitrogens with zero attached hydrogens (tertiary/aromatic N) is 5. The smallest absolute Gasteiger partial charge is 0.267 e. The number of aromatic nitrogens is 3. The van der Waals surface area contributed by atoms with Crippen molar-refractivity contribution < 1.29 is 8.42 Å². The van der Waals surface area contributed by atoms with E-state index in [1.54, 1.807) is 6.20 Å². The molecule has 0 fully saturated rings. The maximum absolute atomic E-state index is 13.5. The highest BCUT2D eigenvalue weighted by molar-refractivity contribution is 7.92. The van der Waals surface area contributed by atoms with Crippen molar-refractivity contribution in [2.75, 3.05) is 24.9 Å². The van der Waals surface area contributed by atoms with Gasteiger partial charge in [-0.05, 0) is 56.8 Å². The molecular formula is C20H23N5O2S. The molecule has 2 aromatic heterocycles. The summed E-state index contributed by atoms with van der Waals surface area (Å²) < 4.78 is 29.9. The number of sulfonamides is 1. The molecule has 28 heavy (non-hydrogen) atoms. The molecule has 3 heterocycles. The molecule has 0 bridgehead atoms. The molecule has 0 aliphatic carbocycles. The Morgan fingerprint density at radius 3 is 2.71 bits per heavy atom. The molecule has 0 amide bonds. The topological polar surface area (TPSA) is 71.3 Å². The Kier molecular flexibility index (Phi) is 4.68. The highest BCUT2D eigenvalue weighted by atomic mass is 32.2. The van der Waals surface area contributed by atoms with Crippen molar-refractivity contribution in [3.63, 3.8) is 0 Å². The summed E-state index contributed by atoms with van der Waals surface area (Å²) in [6.07, 6.45) is 5.42. The molecule has 1 aliphatic heterocycles. The quantitative estimate of drug-likeness (QED) is 0.675. The molecule has 0 saturated heterocycles. The summed E-state index contributed by atoms with van der Waals surface area (Å²) in [5.41, 5.74) is 2.80. The molecule has 0 saturated carbocycles. The van der Waals surface area contributed by atoms with Crippen molar-refractivity contribution in [1.29, 1.82) is 0 Å². The molecule has 146 valence electrons. The summed E-state index contributed by atoms with van der Waals surface area (Å²) in [7, 11) is 0.210. The molecule has 1 unspecified atom stereocenters. The second kappa shape index (κ2) is 7.03. The summed E-state index contributed by atoms with van der Waals surface area (Å²) in [6, 6.07) is 11.5. The van der Waals surface area contributed by atoms with Crippen LogP contribution in [0.15, 0.2) is 59.9 Å². The minimum Gasteiger partial charge on any atom is -0.304 e. The van der Waals surface area contributed by atoms with E-state index < -0.39 is 10.0 Å². The van der Waals surface area contributed by atoms with E-state index in [9.17, 15) is 8.42 Å². The monoisotopic (exact) mass is 397 g/mol. The molecule has 0 radical (unpaired) electrons. The average Bonchev–Trinajstić information content (AvgIpc) is 3.18. The number of fused-ring (bicyclic) bond motifs is 1. The molecule has 3 aromatic rings. The Bertz CT molecular complexity index is 1110. The van der Waals surface area contributed by atoms with Gasteiger partial charge in [0.2, 0.25) is 0 Å². The number of benzene rings is 1. The van der Waals surface area contributed by atoms with E-state index >= 15 is 0 Å². The van der Waals surface area contributed by atoms with Crippen LogP contribution in [0.5, 0.6) is 0 Å². The van der Waals surface area contributed by atoms with Gasteiger partial charge in [0.15, 0.2) is 5.82 Å². The molecule has 1 atom stereocenters. The first-order valence-electron chi connectivity index (χ1n) is 9.11. The summed E-state index contributed by atoms with van der Waals surface area (Å²) in [5, 5.41) is 4.24. The van der Waals surface area contributed by atoms with Crippen molar-refractivity contribution in [3.8, 4) is 5.82 Å². The van der Waals surface area contributed by atoms with Crippen LogP contribution in [0.3, 0.4) is 0 Å². The Hall–Kier alpha value is -2.71. The lowest BCUT2D eigenvalue weighted by atomic mass is 9.99. The fraction of sp³-hybridized carbons (Fsp3) is 0.300. The van der Waals surface area contributed by atoms with Crippen LogP contribution in [0.1, 0.15) is 11.1 Å². The van der Waals surface area contributed by atoms with Gasteiger partial charge < -0.3 is 4.90 Å². The van der Waals surface area contributed by atoms with Crippen LogP contribution in [0.25, 0.3) is 5.82 Å². The average molecular weight is 398 g/mol. The second-order valence-electron chi connectivity index (χ2n) is 7.30. The van der Waals surface area contributed by atoms with E-state index in [1.807, 2.05) is 57.4 Å². The number of anilines is 1. The van der Waals surface area contributed by atoms with Gasteiger partial charge in [-0.25, -0.2) is 18.1 Å². The summed E-state index contributed by atoms with van der Waals surface area (Å²) in [5.74, 6) is 0.590. The second-order valence-corrected chi connectivity index (χ2v) is 9.16. The number of rotatable bonds is 4. The largest absolute Gasteiger partial charge is 0.304 e. The van der Waals surface area contributed by atoms with Crippen molar-refractivity contribution in [1.82, 2.24) is 19.7 Å². The predicted octanol–water partition coefficient (Wildman–Crippen LogP) is 2.26. The third kappa shape index (κ3) is 3.29. The van der Waals surface area contributed by atoms with Crippen LogP contribution in [-0.4, -0.2) is 54.8 Å². The summed E-state index contributed by atoms with van der Waals surface area (Å²) in [4.78, 5) is 6.50. The lowest BCUT2D eigenvalue weighted by Crippen LogP contribution is -2.47. The number of pyridine rings is 1. The van der Waals surface area contributed by atoms with Crippen LogP contribution in [0.2, 0.25) is 0 Å². The van der Waals surface area contributed by atoms with E-state index in [-0.39, 0.29) is 10.9 Å². The molecule has 4 rings (SSSR count). The van der Waals surface area contributed by atoms with Crippen molar-refractivity contribution in [3.05, 3.63) is 66.1 Å². The normalized spacial score (nSPS) is 17.0. The van der Waals surface area contributed by atoms with Gasteiger partial charge in [-0.3, -0.25) is 4.31 Å². The number of likely N-dealkylation sites (N-methyl/N-ethyl adjacent to an activating group) is 1. The lowest BCUT2D eigenvalue weighted by Gasteiger charge is -2.37. The molecular weight excluding hydrogens is 374 g/mol. The number of hydrogen-bond acceptors (Lipinski definition) is 5. The maximum atomic E-state index is 13.5. The minimum absolute atomic E-state index is 0.109. The van der Waals surface area contributed by atoms with E-state index in [0.29, 0.717) is 12.4 Å². The Balaban J connectivity index is 1.74. The third-order valence-electron chi connectivity index (χ3n) is 5.11. The summed E-state index contributed by atoms with van der Waals surface area (Å²) >= 11 is 0. The standard InChI is InChI=1S/C20H23N5O2S/c1-15-8-9-21-20(10-15)24-14-18(12-22-24)28(26,27)25-13-17(23(2)3)11-16-6-4-5-7-19(16)25/h4-10,12,14,17H,11,13H2,1-3H3. The van der Waals surface area contributed by atoms with E-state index in [1.165, 1.54) is 21.4 Å². The molecule has 1 aliphatic rings. The zero-order valence-corrected chi connectivity index (χ0v) is 17.0. The van der Waals surface area contributed by atoms with Crippen molar-refractivity contribution >= 4 is 15.7 Å². The predicted molar refractivity (Wildman–Crippen MR) is 108 cm³/mol. The first-order chi connectivity index (χ1) is 13.4. The van der Waals surface area contributed by atoms with Crippen LogP contribution >= 0.6 is 0 Å². The van der Waals surface area contributed by atoms with Gasteiger partial charge in [-0.1, -0.05) is 18.2 Å². The van der Waals surface area contributed by atoms with Gasteiger partial charge in [0, 0.05) is 12.2 Å². The number of aryl methyl sites for hydroxylation is 1. The molecule has 0 N–H and O–H groups in total. The highest BCUT2D eigenvalue weighted by Gasteiger charge is 2.34. The van der Waals surface area contributed by atoms with Crippen molar-refractivity contribution in [2.45, 2.75) is 24.3 Å². The minimum atomic E-state index is -3.74. The Morgan fingerprint density at radius 2 is 1.96 bits per heavy atom. The van der Waals surface area contributed by atoms with Gasteiger partial charge in [-0.15, -0.1) is 0 Å². The summed E-state index contributed by atoms with van der Waals surface area (Å²) in [6.45, 7) is 2.36. The third-order valence-corrected chi connectivity index (χ3v) is 6.84. The zero-order chi connectivity index (χ0) is 19.9. The van der Waals surface area contributed by atoms with Gasteiger partial charge in [0.25, 0.3) is 10.0 Å². The maximum Gasteiger partial charge on any atom is 0.267 e. The highest BCUT2D eigenvalue weighted by Crippen LogP contribution is 2.33. The number of para-hydroxylation sites is 1. The van der Waals surface area contributed by atoms with Crippen LogP contribution < -0.4 is 4.31 Å². The van der Waals surface area contributed by atoms with Crippen LogP contribution in [-0.2, 0) is 16.4 Å². The van der Waals surface area contributed by atoms with E-state index in [2.05, 4.69) is 15.0 Å². The first kappa shape index (κ1) is 18.6. The number of hydrogen-bond donors (Lipinski definition) is 0. The van der Waals surface area contributed by atoms with Crippen molar-refractivity contribution in [2.24, 2.45) is 0 Å². The van der Waals surface area contributed by atoms with Gasteiger partial charge in [-0.2, -0.15) is 5.10 Å². The Morgan fingerprint density at radius 1 is 1.18 bits per heavy atom. The molecule has 1 aromatic carbocycles. The van der Waals surface area contributed by atoms with Gasteiger partial charge >= 0.3 is 0 Å². The van der Waals surface area contributed by atoms with E-state index in [4.69, 9.17) is 0 Å². The van der Waals surface area contributed by atoms with E-state index in [0.717, 1.165) is 23.2 Å². The van der Waals surface area contributed by atoms with Crippen LogP contribution in [0.4, 0.5) is 5.69 Å². The molecule has 7 nitrogen and oxygen atoms in total. The molecule has 0 spiro atoms. The fourth-order valence-electron chi connectivity index (χ4n) is 3.45. The lowest BCUT2D eigenvalue weighted by molar-refractivity contribution is 0.293. The first-order valence-corrected chi connectivity index (χ1v) is 10.5.